The average molecular weight is 442 g/mol. The zero-order valence-corrected chi connectivity index (χ0v) is 18.6. The molecule has 1 fully saturated rings. The van der Waals surface area contributed by atoms with E-state index in [0.717, 1.165) is 0 Å². The van der Waals surface area contributed by atoms with E-state index in [-0.39, 0.29) is 29.0 Å². The van der Waals surface area contributed by atoms with Crippen molar-refractivity contribution in [3.8, 4) is 11.5 Å². The first-order chi connectivity index (χ1) is 15.3. The molecule has 2 aromatic carbocycles. The van der Waals surface area contributed by atoms with Crippen LogP contribution in [-0.2, 0) is 9.59 Å². The number of ketones is 1. The van der Waals surface area contributed by atoms with Gasteiger partial charge in [-0.05, 0) is 45.3 Å². The van der Waals surface area contributed by atoms with E-state index < -0.39 is 29.3 Å². The van der Waals surface area contributed by atoms with E-state index in [4.69, 9.17) is 9.47 Å². The van der Waals surface area contributed by atoms with Gasteiger partial charge in [0, 0.05) is 18.2 Å². The van der Waals surface area contributed by atoms with Gasteiger partial charge in [0.15, 0.2) is 0 Å². The van der Waals surface area contributed by atoms with Crippen molar-refractivity contribution in [3.05, 3.63) is 65.0 Å². The summed E-state index contributed by atoms with van der Waals surface area (Å²) in [6.07, 6.45) is 0.580. The Labute approximate surface area is 186 Å². The summed E-state index contributed by atoms with van der Waals surface area (Å²) < 4.78 is 25.3. The van der Waals surface area contributed by atoms with Crippen molar-refractivity contribution in [1.29, 1.82) is 0 Å². The Kier molecular flexibility index (Phi) is 7.15. The summed E-state index contributed by atoms with van der Waals surface area (Å²) in [4.78, 5) is 29.2. The Bertz CT molecular complexity index is 1050. The number of benzene rings is 2. The first kappa shape index (κ1) is 23.3. The molecule has 170 valence electrons. The molecule has 0 bridgehead atoms. The number of amides is 1. The first-order valence-electron chi connectivity index (χ1n) is 10.2. The summed E-state index contributed by atoms with van der Waals surface area (Å²) in [7, 11) is 6.71. The van der Waals surface area contributed by atoms with Crippen LogP contribution >= 0.6 is 0 Å². The highest BCUT2D eigenvalue weighted by Gasteiger charge is 2.46. The number of hydrogen-bond acceptors (Lipinski definition) is 6. The lowest BCUT2D eigenvalue weighted by Crippen LogP contribution is -2.32. The normalized spacial score (nSPS) is 17.8. The molecule has 0 aromatic heterocycles. The monoisotopic (exact) mass is 442 g/mol. The van der Waals surface area contributed by atoms with Gasteiger partial charge < -0.3 is 24.4 Å². The van der Waals surface area contributed by atoms with Gasteiger partial charge in [0.25, 0.3) is 11.7 Å². The molecule has 1 heterocycles. The summed E-state index contributed by atoms with van der Waals surface area (Å²) in [5.41, 5.74) is 0.180. The van der Waals surface area contributed by atoms with Gasteiger partial charge in [-0.25, -0.2) is 4.39 Å². The van der Waals surface area contributed by atoms with Crippen LogP contribution in [0.2, 0.25) is 0 Å². The van der Waals surface area contributed by atoms with E-state index in [1.165, 1.54) is 43.4 Å². The number of aliphatic hydroxyl groups is 1. The molecule has 8 heteroatoms. The smallest absolute Gasteiger partial charge is 0.295 e. The Morgan fingerprint density at radius 3 is 2.47 bits per heavy atom. The number of methoxy groups -OCH3 is 2. The zero-order valence-electron chi connectivity index (χ0n) is 18.6. The topological polar surface area (TPSA) is 79.3 Å². The maximum absolute atomic E-state index is 14.8. The van der Waals surface area contributed by atoms with Crippen molar-refractivity contribution >= 4 is 17.4 Å². The fourth-order valence-electron chi connectivity index (χ4n) is 3.83. The van der Waals surface area contributed by atoms with E-state index >= 15 is 0 Å². The number of ether oxygens (including phenoxy) is 2. The van der Waals surface area contributed by atoms with Gasteiger partial charge in [0.2, 0.25) is 0 Å². The SMILES string of the molecule is COc1ccc(C(O)=C2C(=O)C(=O)N(CCCN(C)C)C2c2ccccc2F)c(OC)c1. The van der Waals surface area contributed by atoms with Crippen molar-refractivity contribution in [1.82, 2.24) is 9.80 Å². The highest BCUT2D eigenvalue weighted by atomic mass is 19.1. The Balaban J connectivity index is 2.16. The number of rotatable bonds is 8. The van der Waals surface area contributed by atoms with Crippen molar-refractivity contribution in [2.45, 2.75) is 12.5 Å². The molecular formula is C24H27FN2O5. The van der Waals surface area contributed by atoms with E-state index in [1.54, 1.807) is 18.2 Å². The van der Waals surface area contributed by atoms with Crippen molar-refractivity contribution in [2.24, 2.45) is 0 Å². The molecule has 1 aliphatic rings. The van der Waals surface area contributed by atoms with Crippen LogP contribution in [0, 0.1) is 5.82 Å². The largest absolute Gasteiger partial charge is 0.507 e. The first-order valence-corrected chi connectivity index (χ1v) is 10.2. The molecule has 1 amide bonds. The van der Waals surface area contributed by atoms with Gasteiger partial charge in [-0.1, -0.05) is 18.2 Å². The fraction of sp³-hybridized carbons (Fsp3) is 0.333. The highest BCUT2D eigenvalue weighted by Crippen LogP contribution is 2.42. The van der Waals surface area contributed by atoms with E-state index in [2.05, 4.69) is 0 Å². The maximum Gasteiger partial charge on any atom is 0.295 e. The standard InChI is InChI=1S/C24H27FN2O5/c1-26(2)12-7-13-27-21(16-8-5-6-9-18(16)25)20(23(29)24(27)30)22(28)17-11-10-15(31-3)14-19(17)32-4/h5-6,8-11,14,21,28H,7,12-13H2,1-4H3. The number of nitrogens with zero attached hydrogens (tertiary/aromatic N) is 2. The molecule has 0 radical (unpaired) electrons. The second kappa shape index (κ2) is 9.82. The molecule has 0 aliphatic carbocycles. The molecule has 1 atom stereocenters. The molecule has 1 N–H and O–H groups in total. The van der Waals surface area contributed by atoms with Gasteiger partial charge >= 0.3 is 0 Å². The predicted molar refractivity (Wildman–Crippen MR) is 118 cm³/mol. The molecule has 3 rings (SSSR count). The maximum atomic E-state index is 14.8. The minimum absolute atomic E-state index is 0.144. The zero-order chi connectivity index (χ0) is 23.4. The van der Waals surface area contributed by atoms with E-state index in [0.29, 0.717) is 18.7 Å². The minimum atomic E-state index is -1.05. The summed E-state index contributed by atoms with van der Waals surface area (Å²) in [6, 6.07) is 9.58. The van der Waals surface area contributed by atoms with Crippen molar-refractivity contribution < 1.29 is 28.6 Å². The molecule has 32 heavy (non-hydrogen) atoms. The van der Waals surface area contributed by atoms with Crippen LogP contribution in [0.5, 0.6) is 11.5 Å². The van der Waals surface area contributed by atoms with Crippen LogP contribution < -0.4 is 9.47 Å². The van der Waals surface area contributed by atoms with Gasteiger partial charge in [-0.3, -0.25) is 9.59 Å². The fourth-order valence-corrected chi connectivity index (χ4v) is 3.83. The molecule has 1 unspecified atom stereocenters. The molecule has 2 aromatic rings. The summed E-state index contributed by atoms with van der Waals surface area (Å²) in [5.74, 6) is -1.87. The number of halogens is 1. The van der Waals surface area contributed by atoms with Gasteiger partial charge in [0.1, 0.15) is 23.1 Å². The predicted octanol–water partition coefficient (Wildman–Crippen LogP) is 3.22. The van der Waals surface area contributed by atoms with E-state index in [9.17, 15) is 19.1 Å². The average Bonchev–Trinajstić information content (AvgIpc) is 3.03. The third-order valence-electron chi connectivity index (χ3n) is 5.41. The summed E-state index contributed by atoms with van der Waals surface area (Å²) in [5, 5.41) is 11.2. The minimum Gasteiger partial charge on any atom is -0.507 e. The Morgan fingerprint density at radius 1 is 1.12 bits per heavy atom. The third-order valence-corrected chi connectivity index (χ3v) is 5.41. The lowest BCUT2D eigenvalue weighted by molar-refractivity contribution is -0.140. The lowest BCUT2D eigenvalue weighted by atomic mass is 9.94. The van der Waals surface area contributed by atoms with Crippen LogP contribution in [0.3, 0.4) is 0 Å². The second-order valence-corrected chi connectivity index (χ2v) is 7.74. The number of likely N-dealkylation sites (tertiary alicyclic amines) is 1. The van der Waals surface area contributed by atoms with Gasteiger partial charge in [0.05, 0.1) is 31.4 Å². The molecular weight excluding hydrogens is 415 g/mol. The molecule has 1 saturated heterocycles. The Morgan fingerprint density at radius 2 is 1.84 bits per heavy atom. The summed E-state index contributed by atoms with van der Waals surface area (Å²) >= 11 is 0. The molecule has 0 spiro atoms. The van der Waals surface area contributed by atoms with Crippen molar-refractivity contribution in [2.75, 3.05) is 41.4 Å². The van der Waals surface area contributed by atoms with Gasteiger partial charge in [-0.15, -0.1) is 0 Å². The number of Topliss-reactive ketones (excluding diaryl/α,β-unsaturated/α-hetero) is 1. The van der Waals surface area contributed by atoms with Crippen LogP contribution in [0.1, 0.15) is 23.6 Å². The third kappa shape index (κ3) is 4.45. The van der Waals surface area contributed by atoms with Crippen LogP contribution in [0.25, 0.3) is 5.76 Å². The molecule has 0 saturated carbocycles. The van der Waals surface area contributed by atoms with Gasteiger partial charge in [-0.2, -0.15) is 0 Å². The van der Waals surface area contributed by atoms with Crippen LogP contribution in [-0.4, -0.2) is 68.0 Å². The summed E-state index contributed by atoms with van der Waals surface area (Å²) in [6.45, 7) is 0.914. The van der Waals surface area contributed by atoms with Crippen LogP contribution in [0.4, 0.5) is 4.39 Å². The van der Waals surface area contributed by atoms with E-state index in [1.807, 2.05) is 19.0 Å². The number of carbonyl (C=O) groups excluding carboxylic acids is 2. The number of hydrogen-bond donors (Lipinski definition) is 1. The lowest BCUT2D eigenvalue weighted by Gasteiger charge is -2.26. The van der Waals surface area contributed by atoms with Crippen molar-refractivity contribution in [3.63, 3.8) is 0 Å². The molecule has 1 aliphatic heterocycles. The van der Waals surface area contributed by atoms with Crippen LogP contribution in [0.15, 0.2) is 48.0 Å². The Hall–Kier alpha value is -3.39. The number of carbonyl (C=O) groups is 2. The molecule has 7 nitrogen and oxygen atoms in total. The quantitative estimate of drug-likeness (QED) is 0.384. The number of aliphatic hydroxyl groups excluding tert-OH is 1. The highest BCUT2D eigenvalue weighted by molar-refractivity contribution is 6.46. The second-order valence-electron chi connectivity index (χ2n) is 7.74.